The van der Waals surface area contributed by atoms with Gasteiger partial charge in [0.25, 0.3) is 0 Å². The highest BCUT2D eigenvalue weighted by Gasteiger charge is 2.43. The summed E-state index contributed by atoms with van der Waals surface area (Å²) >= 11 is 0. The van der Waals surface area contributed by atoms with Crippen molar-refractivity contribution in [2.24, 2.45) is 0 Å². The lowest BCUT2D eigenvalue weighted by atomic mass is 9.71. The minimum Gasteiger partial charge on any atom is -0.396 e. The number of hydrogen-bond donors (Lipinski definition) is 2. The summed E-state index contributed by atoms with van der Waals surface area (Å²) in [5, 5.41) is 11.6. The first-order valence-corrected chi connectivity index (χ1v) is 13.0. The van der Waals surface area contributed by atoms with Gasteiger partial charge in [0.1, 0.15) is 5.82 Å². The van der Waals surface area contributed by atoms with E-state index in [0.29, 0.717) is 31.7 Å². The molecule has 4 rings (SSSR count). The van der Waals surface area contributed by atoms with Gasteiger partial charge in [0.15, 0.2) is 9.84 Å². The van der Waals surface area contributed by atoms with Crippen molar-refractivity contribution in [3.8, 4) is 0 Å². The molecule has 3 atom stereocenters. The molecule has 2 saturated heterocycles. The Kier molecular flexibility index (Phi) is 7.00. The summed E-state index contributed by atoms with van der Waals surface area (Å²) in [5.41, 5.74) is 1.74. The van der Waals surface area contributed by atoms with Crippen LogP contribution in [0.4, 0.5) is 4.39 Å². The van der Waals surface area contributed by atoms with Gasteiger partial charge < -0.3 is 15.2 Å². The molecule has 2 aliphatic heterocycles. The molecule has 7 heteroatoms. The van der Waals surface area contributed by atoms with Crippen molar-refractivity contribution in [2.45, 2.75) is 54.6 Å². The Morgan fingerprint density at radius 1 is 1.16 bits per heavy atom. The fraction of sp³-hybridized carbons (Fsp3) is 0.520. The zero-order valence-electron chi connectivity index (χ0n) is 18.5. The summed E-state index contributed by atoms with van der Waals surface area (Å²) in [5.74, 6) is -0.379. The Labute approximate surface area is 189 Å². The number of halogens is 1. The summed E-state index contributed by atoms with van der Waals surface area (Å²) in [7, 11) is -3.51. The molecular formula is C25H32FNO4S. The summed E-state index contributed by atoms with van der Waals surface area (Å²) in [6, 6.07) is 14.1. The molecule has 2 aromatic rings. The largest absolute Gasteiger partial charge is 0.396 e. The number of rotatable bonds is 6. The average molecular weight is 462 g/mol. The summed E-state index contributed by atoms with van der Waals surface area (Å²) < 4.78 is 47.7. The second kappa shape index (κ2) is 9.59. The van der Waals surface area contributed by atoms with Gasteiger partial charge in [-0.3, -0.25) is 0 Å². The Balaban J connectivity index is 1.60. The zero-order valence-corrected chi connectivity index (χ0v) is 19.3. The third-order valence-corrected chi connectivity index (χ3v) is 9.95. The average Bonchev–Trinajstić information content (AvgIpc) is 2.78. The Hall–Kier alpha value is -1.80. The van der Waals surface area contributed by atoms with Crippen LogP contribution in [-0.2, 0) is 26.4 Å². The van der Waals surface area contributed by atoms with Gasteiger partial charge in [-0.15, -0.1) is 0 Å². The Morgan fingerprint density at radius 3 is 2.53 bits per heavy atom. The number of ether oxygens (including phenoxy) is 1. The van der Waals surface area contributed by atoms with Crippen molar-refractivity contribution in [2.75, 3.05) is 26.4 Å². The van der Waals surface area contributed by atoms with Gasteiger partial charge in [-0.25, -0.2) is 12.8 Å². The molecule has 2 fully saturated rings. The van der Waals surface area contributed by atoms with Gasteiger partial charge in [0, 0.05) is 37.8 Å². The molecule has 0 aliphatic carbocycles. The lowest BCUT2D eigenvalue weighted by Crippen LogP contribution is -2.53. The van der Waals surface area contributed by atoms with Crippen LogP contribution in [0.1, 0.15) is 48.1 Å². The van der Waals surface area contributed by atoms with Crippen LogP contribution in [-0.4, -0.2) is 51.2 Å². The topological polar surface area (TPSA) is 75.6 Å². The Bertz CT molecular complexity index is 1020. The van der Waals surface area contributed by atoms with E-state index in [4.69, 9.17) is 4.74 Å². The van der Waals surface area contributed by atoms with Crippen LogP contribution in [0.3, 0.4) is 0 Å². The van der Waals surface area contributed by atoms with Gasteiger partial charge >= 0.3 is 0 Å². The van der Waals surface area contributed by atoms with E-state index >= 15 is 4.39 Å². The van der Waals surface area contributed by atoms with Crippen LogP contribution >= 0.6 is 0 Å². The molecular weight excluding hydrogens is 429 g/mol. The number of benzene rings is 2. The molecule has 0 aromatic heterocycles. The van der Waals surface area contributed by atoms with Crippen LogP contribution in [0.15, 0.2) is 48.5 Å². The number of aliphatic hydroxyl groups is 1. The van der Waals surface area contributed by atoms with Crippen molar-refractivity contribution in [3.63, 3.8) is 0 Å². The van der Waals surface area contributed by atoms with Crippen molar-refractivity contribution in [3.05, 3.63) is 71.0 Å². The van der Waals surface area contributed by atoms with Crippen LogP contribution < -0.4 is 5.32 Å². The highest BCUT2D eigenvalue weighted by molar-refractivity contribution is 7.92. The van der Waals surface area contributed by atoms with Crippen molar-refractivity contribution in [1.29, 1.82) is 0 Å². The van der Waals surface area contributed by atoms with Crippen molar-refractivity contribution < 1.29 is 22.7 Å². The fourth-order valence-electron chi connectivity index (χ4n) is 5.22. The van der Waals surface area contributed by atoms with Gasteiger partial charge in [-0.1, -0.05) is 42.5 Å². The molecule has 32 heavy (non-hydrogen) atoms. The van der Waals surface area contributed by atoms with Crippen molar-refractivity contribution in [1.82, 2.24) is 5.32 Å². The number of aliphatic hydroxyl groups excluding tert-OH is 1. The fourth-order valence-corrected chi connectivity index (χ4v) is 7.59. The molecule has 2 aliphatic rings. The first-order chi connectivity index (χ1) is 15.4. The maximum absolute atomic E-state index is 15.3. The maximum Gasteiger partial charge on any atom is 0.163 e. The van der Waals surface area contributed by atoms with E-state index in [2.05, 4.69) is 5.32 Å². The Morgan fingerprint density at radius 2 is 1.88 bits per heavy atom. The third kappa shape index (κ3) is 4.49. The zero-order chi connectivity index (χ0) is 22.8. The molecule has 0 radical (unpaired) electrons. The van der Waals surface area contributed by atoms with E-state index in [-0.39, 0.29) is 30.3 Å². The van der Waals surface area contributed by atoms with Gasteiger partial charge in [-0.05, 0) is 55.4 Å². The normalized spacial score (nSPS) is 27.2. The molecule has 1 unspecified atom stereocenters. The van der Waals surface area contributed by atoms with Crippen LogP contribution in [0, 0.1) is 5.82 Å². The van der Waals surface area contributed by atoms with Gasteiger partial charge in [0.05, 0.1) is 10.5 Å². The van der Waals surface area contributed by atoms with Crippen LogP contribution in [0.5, 0.6) is 0 Å². The van der Waals surface area contributed by atoms with E-state index < -0.39 is 20.3 Å². The highest BCUT2D eigenvalue weighted by atomic mass is 32.2. The molecule has 2 heterocycles. The second-order valence-electron chi connectivity index (χ2n) is 9.10. The first kappa shape index (κ1) is 23.4. The molecule has 5 nitrogen and oxygen atoms in total. The standard InChI is InChI=1S/C25H32FNO4S/c1-18-23(32(29,30)24(17-27-18)19-5-3-2-4-6-19)15-20-7-8-21(16-22(20)26)25(9-12-28)10-13-31-14-11-25/h2-8,16,18,23-24,27-28H,9-15,17H2,1H3/t18-,23?,24-/m0/s1. The van der Waals surface area contributed by atoms with Crippen molar-refractivity contribution >= 4 is 9.84 Å². The number of nitrogens with one attached hydrogen (secondary N) is 1. The molecule has 174 valence electrons. The second-order valence-corrected chi connectivity index (χ2v) is 11.5. The molecule has 2 aromatic carbocycles. The summed E-state index contributed by atoms with van der Waals surface area (Å²) in [6.07, 6.45) is 2.17. The number of sulfone groups is 1. The quantitative estimate of drug-likeness (QED) is 0.690. The monoisotopic (exact) mass is 461 g/mol. The number of hydrogen-bond acceptors (Lipinski definition) is 5. The lowest BCUT2D eigenvalue weighted by molar-refractivity contribution is 0.0399. The van der Waals surface area contributed by atoms with Gasteiger partial charge in [0.2, 0.25) is 0 Å². The maximum atomic E-state index is 15.3. The van der Waals surface area contributed by atoms with Crippen LogP contribution in [0.25, 0.3) is 0 Å². The molecule has 2 N–H and O–H groups in total. The lowest BCUT2D eigenvalue weighted by Gasteiger charge is -2.38. The molecule has 0 bridgehead atoms. The molecule has 0 amide bonds. The summed E-state index contributed by atoms with van der Waals surface area (Å²) in [6.45, 7) is 3.43. The minimum absolute atomic E-state index is 0.0355. The van der Waals surface area contributed by atoms with Gasteiger partial charge in [-0.2, -0.15) is 0 Å². The smallest absolute Gasteiger partial charge is 0.163 e. The van der Waals surface area contributed by atoms with E-state index in [0.717, 1.165) is 24.0 Å². The minimum atomic E-state index is -3.51. The predicted octanol–water partition coefficient (Wildman–Crippen LogP) is 3.32. The van der Waals surface area contributed by atoms with E-state index in [1.54, 1.807) is 12.1 Å². The summed E-state index contributed by atoms with van der Waals surface area (Å²) in [4.78, 5) is 0. The van der Waals surface area contributed by atoms with E-state index in [9.17, 15) is 13.5 Å². The predicted molar refractivity (Wildman–Crippen MR) is 123 cm³/mol. The third-order valence-electron chi connectivity index (χ3n) is 7.30. The van der Waals surface area contributed by atoms with E-state index in [1.807, 2.05) is 43.3 Å². The molecule has 0 spiro atoms. The highest BCUT2D eigenvalue weighted by Crippen LogP contribution is 2.39. The van der Waals surface area contributed by atoms with E-state index in [1.165, 1.54) is 0 Å². The SMILES string of the molecule is C[C@@H]1NC[C@@H](c2ccccc2)S(=O)(=O)C1Cc1ccc(C2(CCO)CCOCC2)cc1F. The van der Waals surface area contributed by atoms with Crippen LogP contribution in [0.2, 0.25) is 0 Å². The first-order valence-electron chi connectivity index (χ1n) is 11.4. The molecule has 0 saturated carbocycles.